The van der Waals surface area contributed by atoms with Crippen molar-refractivity contribution in [3.05, 3.63) is 96.2 Å². The Balaban J connectivity index is 0.000000218. The molecule has 1 aliphatic carbocycles. The Morgan fingerprint density at radius 1 is 0.970 bits per heavy atom. The number of benzene rings is 2. The van der Waals surface area contributed by atoms with E-state index in [1.165, 1.54) is 22.3 Å². The van der Waals surface area contributed by atoms with Gasteiger partial charge in [0.15, 0.2) is 12.6 Å². The van der Waals surface area contributed by atoms with E-state index in [2.05, 4.69) is 40.3 Å². The lowest BCUT2D eigenvalue weighted by atomic mass is 9.99. The molecule has 0 fully saturated rings. The zero-order valence-electron chi connectivity index (χ0n) is 17.9. The molecule has 0 amide bonds. The number of aromatic nitrogens is 3. The second-order valence-corrected chi connectivity index (χ2v) is 7.39. The first-order chi connectivity index (χ1) is 16.1. The molecule has 0 aliphatic heterocycles. The largest absolute Gasteiger partial charge is 0.472 e. The van der Waals surface area contributed by atoms with Crippen LogP contribution >= 0.6 is 0 Å². The van der Waals surface area contributed by atoms with Gasteiger partial charge in [0.25, 0.3) is 0 Å². The van der Waals surface area contributed by atoms with E-state index in [-0.39, 0.29) is 18.6 Å². The Morgan fingerprint density at radius 2 is 1.73 bits per heavy atom. The molecule has 5 aromatic rings. The number of aromatic amines is 1. The van der Waals surface area contributed by atoms with Gasteiger partial charge < -0.3 is 15.1 Å². The fraction of sp³-hybridized carbons (Fsp3) is 0.0769. The first-order valence-electron chi connectivity index (χ1n) is 10.3. The van der Waals surface area contributed by atoms with Crippen LogP contribution < -0.4 is 5.73 Å². The van der Waals surface area contributed by atoms with Gasteiger partial charge in [-0.1, -0.05) is 42.5 Å². The van der Waals surface area contributed by atoms with Gasteiger partial charge >= 0.3 is 0 Å². The van der Waals surface area contributed by atoms with Crippen LogP contribution in [-0.4, -0.2) is 27.5 Å². The third-order valence-electron chi connectivity index (χ3n) is 5.25. The number of rotatable bonds is 2. The Bertz CT molecular complexity index is 1350. The van der Waals surface area contributed by atoms with E-state index in [0.29, 0.717) is 0 Å². The van der Waals surface area contributed by atoms with Crippen LogP contribution in [-0.2, 0) is 9.59 Å². The smallest absolute Gasteiger partial charge is 0.182 e. The predicted octanol–water partition coefficient (Wildman–Crippen LogP) is 4.63. The van der Waals surface area contributed by atoms with Crippen molar-refractivity contribution in [2.75, 3.05) is 0 Å². The van der Waals surface area contributed by atoms with Gasteiger partial charge in [-0.2, -0.15) is 0 Å². The van der Waals surface area contributed by atoms with Crippen LogP contribution in [0.3, 0.4) is 0 Å². The molecule has 0 saturated heterocycles. The number of hydrogen-bond acceptors (Lipinski definition) is 6. The highest BCUT2D eigenvalue weighted by atomic mass is 16.3. The zero-order valence-corrected chi connectivity index (χ0v) is 17.9. The van der Waals surface area contributed by atoms with Gasteiger partial charge in [0.1, 0.15) is 5.82 Å². The van der Waals surface area contributed by atoms with Crippen molar-refractivity contribution in [2.24, 2.45) is 5.73 Å². The molecule has 0 bridgehead atoms. The summed E-state index contributed by atoms with van der Waals surface area (Å²) in [7, 11) is 0. The molecule has 2 aromatic carbocycles. The first-order valence-corrected chi connectivity index (χ1v) is 10.3. The second-order valence-electron chi connectivity index (χ2n) is 7.39. The summed E-state index contributed by atoms with van der Waals surface area (Å²) in [6, 6.07) is 18.3. The van der Waals surface area contributed by atoms with Crippen molar-refractivity contribution in [1.82, 2.24) is 15.0 Å². The molecule has 33 heavy (non-hydrogen) atoms. The maximum atomic E-state index is 8.81. The average Bonchev–Trinajstić information content (AvgIpc) is 3.58. The monoisotopic (exact) mass is 438 g/mol. The minimum absolute atomic E-state index is 0.0767. The molecule has 0 spiro atoms. The number of pyridine rings is 1. The van der Waals surface area contributed by atoms with Crippen LogP contribution in [0.25, 0.3) is 33.5 Å². The van der Waals surface area contributed by atoms with E-state index in [0.717, 1.165) is 28.0 Å². The Hall–Kier alpha value is -4.36. The van der Waals surface area contributed by atoms with Gasteiger partial charge in [-0.3, -0.25) is 14.6 Å². The first kappa shape index (κ1) is 21.9. The molecule has 3 N–H and O–H groups in total. The molecule has 7 nitrogen and oxygen atoms in total. The molecule has 1 aliphatic rings. The number of nitrogens with two attached hydrogens (primary N) is 1. The van der Waals surface area contributed by atoms with E-state index in [1.54, 1.807) is 24.9 Å². The molecular weight excluding hydrogens is 416 g/mol. The molecular formula is C26H22N4O3. The molecule has 1 unspecified atom stereocenters. The molecule has 3 aromatic heterocycles. The number of nitrogens with one attached hydrogen (secondary N) is 1. The summed E-state index contributed by atoms with van der Waals surface area (Å²) < 4.78 is 4.71. The normalized spacial score (nSPS) is 13.1. The van der Waals surface area contributed by atoms with Gasteiger partial charge in [0.05, 0.1) is 35.8 Å². The highest BCUT2D eigenvalue weighted by Crippen LogP contribution is 2.46. The van der Waals surface area contributed by atoms with Crippen molar-refractivity contribution in [1.29, 1.82) is 0 Å². The van der Waals surface area contributed by atoms with E-state index in [1.807, 2.05) is 31.2 Å². The van der Waals surface area contributed by atoms with Crippen LogP contribution in [0.2, 0.25) is 0 Å². The fourth-order valence-corrected chi connectivity index (χ4v) is 3.81. The average molecular weight is 438 g/mol. The third-order valence-corrected chi connectivity index (χ3v) is 5.25. The van der Waals surface area contributed by atoms with Gasteiger partial charge in [0.2, 0.25) is 0 Å². The van der Waals surface area contributed by atoms with Crippen LogP contribution in [0, 0.1) is 6.92 Å². The quantitative estimate of drug-likeness (QED) is 0.307. The fourth-order valence-electron chi connectivity index (χ4n) is 3.81. The number of fused-ring (bicyclic) bond motifs is 4. The van der Waals surface area contributed by atoms with Crippen molar-refractivity contribution in [3.8, 4) is 22.5 Å². The van der Waals surface area contributed by atoms with E-state index in [4.69, 9.17) is 24.7 Å². The van der Waals surface area contributed by atoms with Gasteiger partial charge in [0, 0.05) is 11.8 Å². The number of imidazole rings is 1. The van der Waals surface area contributed by atoms with Crippen molar-refractivity contribution in [2.45, 2.75) is 13.0 Å². The van der Waals surface area contributed by atoms with E-state index in [9.17, 15) is 0 Å². The number of aldehydes is 2. The Kier molecular flexibility index (Phi) is 6.52. The minimum Gasteiger partial charge on any atom is -0.472 e. The number of carbonyl (C=O) groups is 2. The maximum absolute atomic E-state index is 8.81. The van der Waals surface area contributed by atoms with Crippen molar-refractivity contribution >= 4 is 23.6 Å². The number of carbonyl (C=O) groups excluding carboxylic acids is 2. The van der Waals surface area contributed by atoms with Crippen LogP contribution in [0.4, 0.5) is 0 Å². The number of hydrogen-bond donors (Lipinski definition) is 2. The predicted molar refractivity (Wildman–Crippen MR) is 126 cm³/mol. The van der Waals surface area contributed by atoms with Crippen LogP contribution in [0.15, 0.2) is 83.9 Å². The number of furan rings is 1. The highest BCUT2D eigenvalue weighted by Gasteiger charge is 2.28. The molecule has 3 heterocycles. The highest BCUT2D eigenvalue weighted by molar-refractivity contribution is 6.09. The Morgan fingerprint density at radius 3 is 2.39 bits per heavy atom. The molecule has 0 radical (unpaired) electrons. The lowest BCUT2D eigenvalue weighted by molar-refractivity contribution is -0.122. The standard InChI is InChI=1S/C19H14N4.C5H6O.C2H2O2/c20-18-12-5-2-1-4-11(12)17-13(18)6-3-7-14(17)19-22-15-8-9-21-10-16(15)23-19;1-5-2-3-6-4-5;3-1-2-4/h1-10,18H,20H2,(H,22,23);2-4H,1H3;1-2H. The van der Waals surface area contributed by atoms with Gasteiger partial charge in [-0.05, 0) is 46.9 Å². The van der Waals surface area contributed by atoms with Crippen molar-refractivity contribution < 1.29 is 14.0 Å². The summed E-state index contributed by atoms with van der Waals surface area (Å²) in [6.45, 7) is 1.99. The third kappa shape index (κ3) is 4.49. The minimum atomic E-state index is -0.0767. The number of nitrogens with zero attached hydrogens (tertiary/aromatic N) is 2. The Labute approximate surface area is 190 Å². The van der Waals surface area contributed by atoms with E-state index >= 15 is 0 Å². The summed E-state index contributed by atoms with van der Waals surface area (Å²) in [6.07, 6.45) is 7.32. The molecule has 1 atom stereocenters. The summed E-state index contributed by atoms with van der Waals surface area (Å²) in [5, 5.41) is 0. The summed E-state index contributed by atoms with van der Waals surface area (Å²) in [4.78, 5) is 29.9. The molecule has 7 heteroatoms. The summed E-state index contributed by atoms with van der Waals surface area (Å²) in [5.41, 5.74) is 15.3. The van der Waals surface area contributed by atoms with Crippen LogP contribution in [0.1, 0.15) is 22.7 Å². The second kappa shape index (κ2) is 9.84. The van der Waals surface area contributed by atoms with Crippen molar-refractivity contribution in [3.63, 3.8) is 0 Å². The zero-order chi connectivity index (χ0) is 23.2. The topological polar surface area (TPSA) is 115 Å². The number of aryl methyl sites for hydroxylation is 1. The lowest BCUT2D eigenvalue weighted by Gasteiger charge is -2.08. The van der Waals surface area contributed by atoms with Gasteiger partial charge in [-0.25, -0.2) is 4.98 Å². The van der Waals surface area contributed by atoms with E-state index < -0.39 is 0 Å². The SMILES string of the molecule is Cc1ccoc1.NC1c2ccccc2-c2c(-c3nc4ccncc4[nH]3)cccc21.O=CC=O. The van der Waals surface area contributed by atoms with Gasteiger partial charge in [-0.15, -0.1) is 0 Å². The molecule has 0 saturated carbocycles. The molecule has 164 valence electrons. The lowest BCUT2D eigenvalue weighted by Crippen LogP contribution is -2.07. The summed E-state index contributed by atoms with van der Waals surface area (Å²) >= 11 is 0. The maximum Gasteiger partial charge on any atom is 0.182 e. The van der Waals surface area contributed by atoms with Crippen LogP contribution in [0.5, 0.6) is 0 Å². The number of H-pyrrole nitrogens is 1. The summed E-state index contributed by atoms with van der Waals surface area (Å²) in [5.74, 6) is 0.855. The molecule has 6 rings (SSSR count).